The molecule has 0 aromatic carbocycles. The standard InChI is InChI=1S/C16H28N2O2.C15H26N2O3.C15H26N2O2/c1-13-12-15(16(3,4)5)18(17-13)9-11-20-10-7-6-8-14(2)19;1-12-10-14(15(3,4)5)17(16-12)6-7-19-8-9-20-11-13(2)18;1-12-11-14(15(3,4)5)17(16-12)8-10-19-9-6-7-13(2)18/h12,19H,2,6-11H2,1,3-5H3;10,18H,2,6-9,11H2,1,3-5H3;11,18H,2,6-10H2,1,3-5H3. The van der Waals surface area contributed by atoms with Gasteiger partial charge in [0.15, 0.2) is 0 Å². The highest BCUT2D eigenvalue weighted by molar-refractivity contribution is 5.18. The molecule has 3 N–H and O–H groups in total. The third kappa shape index (κ3) is 23.5. The number of nitrogens with zero attached hydrogens (tertiary/aromatic N) is 6. The summed E-state index contributed by atoms with van der Waals surface area (Å²) >= 11 is 0. The maximum absolute atomic E-state index is 8.97. The molecule has 336 valence electrons. The van der Waals surface area contributed by atoms with Gasteiger partial charge in [-0.2, -0.15) is 15.3 Å². The zero-order valence-corrected chi connectivity index (χ0v) is 38.8. The fourth-order valence-electron chi connectivity index (χ4n) is 5.94. The number of aliphatic hydroxyl groups is 3. The lowest BCUT2D eigenvalue weighted by Gasteiger charge is -2.20. The van der Waals surface area contributed by atoms with Crippen LogP contribution in [0.2, 0.25) is 0 Å². The number of allylic oxidation sites excluding steroid dienone is 2. The molecule has 0 aliphatic heterocycles. The average Bonchev–Trinajstić information content (AvgIpc) is 3.81. The number of aliphatic hydroxyl groups excluding tert-OH is 3. The molecule has 0 amide bonds. The lowest BCUT2D eigenvalue weighted by atomic mass is 9.92. The van der Waals surface area contributed by atoms with Crippen molar-refractivity contribution in [1.29, 1.82) is 0 Å². The van der Waals surface area contributed by atoms with Crippen LogP contribution in [-0.4, -0.2) is 97.5 Å². The fourth-order valence-corrected chi connectivity index (χ4v) is 5.94. The second-order valence-corrected chi connectivity index (χ2v) is 18.1. The van der Waals surface area contributed by atoms with Crippen LogP contribution in [0.25, 0.3) is 0 Å². The molecule has 0 aliphatic rings. The molecule has 3 aromatic rings. The Balaban J connectivity index is 0.000000443. The summed E-state index contributed by atoms with van der Waals surface area (Å²) in [4.78, 5) is 0. The van der Waals surface area contributed by atoms with Crippen molar-refractivity contribution in [3.8, 4) is 0 Å². The van der Waals surface area contributed by atoms with Crippen molar-refractivity contribution < 1.29 is 34.3 Å². The van der Waals surface area contributed by atoms with Crippen LogP contribution in [0.15, 0.2) is 55.2 Å². The van der Waals surface area contributed by atoms with Crippen molar-refractivity contribution in [1.82, 2.24) is 29.3 Å². The van der Waals surface area contributed by atoms with Gasteiger partial charge in [0.1, 0.15) is 12.4 Å². The van der Waals surface area contributed by atoms with Crippen LogP contribution in [0.3, 0.4) is 0 Å². The van der Waals surface area contributed by atoms with E-state index in [2.05, 4.69) is 116 Å². The highest BCUT2D eigenvalue weighted by Crippen LogP contribution is 2.25. The van der Waals surface area contributed by atoms with E-state index in [9.17, 15) is 0 Å². The number of rotatable bonds is 23. The first kappa shape index (κ1) is 53.1. The molecule has 0 unspecified atom stereocenters. The maximum atomic E-state index is 8.97. The number of aryl methyl sites for hydroxylation is 3. The van der Waals surface area contributed by atoms with Crippen molar-refractivity contribution in [2.75, 3.05) is 52.9 Å². The fraction of sp³-hybridized carbons (Fsp3) is 0.674. The summed E-state index contributed by atoms with van der Waals surface area (Å²) in [5, 5.41) is 40.3. The van der Waals surface area contributed by atoms with E-state index in [1.54, 1.807) is 0 Å². The van der Waals surface area contributed by atoms with Gasteiger partial charge in [0.25, 0.3) is 0 Å². The van der Waals surface area contributed by atoms with Crippen molar-refractivity contribution in [3.05, 3.63) is 89.4 Å². The third-order valence-corrected chi connectivity index (χ3v) is 8.75. The first-order valence-electron chi connectivity index (χ1n) is 21.0. The van der Waals surface area contributed by atoms with E-state index in [0.717, 1.165) is 62.6 Å². The average molecular weight is 829 g/mol. The molecule has 0 saturated heterocycles. The summed E-state index contributed by atoms with van der Waals surface area (Å²) in [5.74, 6) is 0.514. The second kappa shape index (κ2) is 26.3. The summed E-state index contributed by atoms with van der Waals surface area (Å²) in [7, 11) is 0. The molecule has 0 aliphatic carbocycles. The summed E-state index contributed by atoms with van der Waals surface area (Å²) in [6.07, 6.45) is 3.94. The summed E-state index contributed by atoms with van der Waals surface area (Å²) < 4.78 is 27.9. The van der Waals surface area contributed by atoms with Crippen LogP contribution in [0, 0.1) is 20.8 Å². The summed E-state index contributed by atoms with van der Waals surface area (Å²) in [5.41, 5.74) is 7.08. The van der Waals surface area contributed by atoms with Crippen LogP contribution in [0.1, 0.15) is 129 Å². The minimum absolute atomic E-state index is 0.0341. The Morgan fingerprint density at radius 3 is 1.14 bits per heavy atom. The molecule has 0 fully saturated rings. The number of hydrogen-bond donors (Lipinski definition) is 3. The summed E-state index contributed by atoms with van der Waals surface area (Å²) in [6.45, 7) is 42.6. The minimum Gasteiger partial charge on any atom is -0.513 e. The normalized spacial score (nSPS) is 11.8. The first-order valence-corrected chi connectivity index (χ1v) is 21.0. The Morgan fingerprint density at radius 1 is 0.475 bits per heavy atom. The largest absolute Gasteiger partial charge is 0.513 e. The predicted molar refractivity (Wildman–Crippen MR) is 239 cm³/mol. The van der Waals surface area contributed by atoms with Gasteiger partial charge >= 0.3 is 0 Å². The van der Waals surface area contributed by atoms with Crippen LogP contribution in [0.4, 0.5) is 0 Å². The molecule has 0 radical (unpaired) electrons. The SMILES string of the molecule is C=C(O)CCCCOCCn1nc(C)cc1C(C)(C)C.C=C(O)CCCOCCn1nc(C)cc1C(C)(C)C.C=C(O)COCCOCCn1nc(C)cc1C(C)(C)C. The zero-order valence-electron chi connectivity index (χ0n) is 38.8. The van der Waals surface area contributed by atoms with Crippen LogP contribution in [-0.2, 0) is 54.8 Å². The Bertz CT molecular complexity index is 1590. The minimum atomic E-state index is 0.0341. The van der Waals surface area contributed by atoms with Crippen molar-refractivity contribution in [3.63, 3.8) is 0 Å². The molecule has 13 heteroatoms. The van der Waals surface area contributed by atoms with Gasteiger partial charge in [0.05, 0.1) is 81.3 Å². The van der Waals surface area contributed by atoms with E-state index in [1.165, 1.54) is 17.1 Å². The van der Waals surface area contributed by atoms with E-state index in [1.807, 2.05) is 34.8 Å². The molecule has 3 rings (SSSR count). The summed E-state index contributed by atoms with van der Waals surface area (Å²) in [6, 6.07) is 6.40. The van der Waals surface area contributed by atoms with Gasteiger partial charge in [-0.05, 0) is 58.2 Å². The van der Waals surface area contributed by atoms with E-state index in [0.29, 0.717) is 52.5 Å². The van der Waals surface area contributed by atoms with E-state index in [4.69, 9.17) is 34.3 Å². The smallest absolute Gasteiger partial charge is 0.111 e. The molecular weight excluding hydrogens is 749 g/mol. The number of hydrogen-bond acceptors (Lipinski definition) is 10. The van der Waals surface area contributed by atoms with Gasteiger partial charge in [-0.3, -0.25) is 14.0 Å². The van der Waals surface area contributed by atoms with Crippen LogP contribution in [0.5, 0.6) is 0 Å². The van der Waals surface area contributed by atoms with E-state index >= 15 is 0 Å². The molecule has 3 heterocycles. The van der Waals surface area contributed by atoms with E-state index < -0.39 is 0 Å². The van der Waals surface area contributed by atoms with Gasteiger partial charge in [0, 0.05) is 59.4 Å². The molecule has 0 atom stereocenters. The zero-order chi connectivity index (χ0) is 44.8. The molecule has 13 nitrogen and oxygen atoms in total. The number of aromatic nitrogens is 6. The van der Waals surface area contributed by atoms with Crippen LogP contribution >= 0.6 is 0 Å². The maximum Gasteiger partial charge on any atom is 0.111 e. The van der Waals surface area contributed by atoms with E-state index in [-0.39, 0.29) is 40.1 Å². The Kier molecular flexibility index (Phi) is 23.7. The van der Waals surface area contributed by atoms with Gasteiger partial charge < -0.3 is 34.3 Å². The Labute approximate surface area is 356 Å². The van der Waals surface area contributed by atoms with Gasteiger partial charge in [-0.1, -0.05) is 82.1 Å². The lowest BCUT2D eigenvalue weighted by molar-refractivity contribution is 0.0437. The van der Waals surface area contributed by atoms with Crippen LogP contribution < -0.4 is 0 Å². The van der Waals surface area contributed by atoms with Gasteiger partial charge in [0.2, 0.25) is 0 Å². The first-order chi connectivity index (χ1) is 27.4. The molecule has 0 saturated carbocycles. The molecule has 0 bridgehead atoms. The second-order valence-electron chi connectivity index (χ2n) is 18.1. The van der Waals surface area contributed by atoms with Gasteiger partial charge in [-0.15, -0.1) is 0 Å². The van der Waals surface area contributed by atoms with Crippen molar-refractivity contribution in [2.24, 2.45) is 0 Å². The quantitative estimate of drug-likeness (QED) is 0.0623. The number of ether oxygens (including phenoxy) is 4. The molecule has 3 aromatic heterocycles. The third-order valence-electron chi connectivity index (χ3n) is 8.75. The van der Waals surface area contributed by atoms with Gasteiger partial charge in [-0.25, -0.2) is 0 Å². The highest BCUT2D eigenvalue weighted by Gasteiger charge is 2.22. The number of unbranched alkanes of at least 4 members (excludes halogenated alkanes) is 1. The Hall–Kier alpha value is -3.91. The monoisotopic (exact) mass is 829 g/mol. The molecule has 59 heavy (non-hydrogen) atoms. The topological polar surface area (TPSA) is 151 Å². The predicted octanol–water partition coefficient (Wildman–Crippen LogP) is 9.70. The Morgan fingerprint density at radius 2 is 0.797 bits per heavy atom. The highest BCUT2D eigenvalue weighted by atomic mass is 16.5. The van der Waals surface area contributed by atoms with Crippen molar-refractivity contribution in [2.45, 2.75) is 151 Å². The molecular formula is C46H80N6O7. The lowest BCUT2D eigenvalue weighted by Crippen LogP contribution is -2.20. The van der Waals surface area contributed by atoms with Crippen molar-refractivity contribution >= 4 is 0 Å². The molecule has 0 spiro atoms.